The second kappa shape index (κ2) is 7.56. The van der Waals surface area contributed by atoms with E-state index < -0.39 is 0 Å². The first kappa shape index (κ1) is 16.6. The van der Waals surface area contributed by atoms with Crippen molar-refractivity contribution in [3.63, 3.8) is 0 Å². The molecule has 0 aliphatic rings. The van der Waals surface area contributed by atoms with Gasteiger partial charge in [-0.05, 0) is 36.4 Å². The van der Waals surface area contributed by atoms with E-state index >= 15 is 0 Å². The molecule has 0 aliphatic carbocycles. The van der Waals surface area contributed by atoms with Gasteiger partial charge in [0, 0.05) is 16.5 Å². The molecule has 0 spiro atoms. The summed E-state index contributed by atoms with van der Waals surface area (Å²) in [6.07, 6.45) is 3.16. The Morgan fingerprint density at radius 1 is 1.24 bits per heavy atom. The second-order valence-corrected chi connectivity index (χ2v) is 6.06. The highest BCUT2D eigenvalue weighted by atomic mass is 32.1. The van der Waals surface area contributed by atoms with E-state index in [2.05, 4.69) is 4.98 Å². The zero-order valence-corrected chi connectivity index (χ0v) is 14.3. The van der Waals surface area contributed by atoms with E-state index in [1.54, 1.807) is 37.5 Å². The number of rotatable bonds is 5. The lowest BCUT2D eigenvalue weighted by Gasteiger charge is -2.00. The highest BCUT2D eigenvalue weighted by Gasteiger charge is 2.06. The van der Waals surface area contributed by atoms with Crippen molar-refractivity contribution in [1.82, 2.24) is 4.98 Å². The Kier molecular flexibility index (Phi) is 5.03. The van der Waals surface area contributed by atoms with Crippen LogP contribution in [0.3, 0.4) is 0 Å². The van der Waals surface area contributed by atoms with Crippen molar-refractivity contribution in [1.29, 1.82) is 5.26 Å². The Bertz CT molecular complexity index is 983. The summed E-state index contributed by atoms with van der Waals surface area (Å²) < 4.78 is 5.23. The van der Waals surface area contributed by atoms with E-state index in [0.717, 1.165) is 16.3 Å². The number of ketones is 1. The number of carbonyl (C=O) groups excluding carboxylic acids is 1. The molecule has 0 saturated heterocycles. The highest BCUT2D eigenvalue weighted by Crippen LogP contribution is 2.27. The summed E-state index contributed by atoms with van der Waals surface area (Å²) in [4.78, 5) is 16.7. The average molecular weight is 346 g/mol. The molecule has 0 bridgehead atoms. The molecule has 3 aromatic rings. The average Bonchev–Trinajstić information content (AvgIpc) is 3.15. The molecule has 3 rings (SSSR count). The van der Waals surface area contributed by atoms with Crippen LogP contribution in [-0.4, -0.2) is 17.9 Å². The molecule has 0 aliphatic heterocycles. The van der Waals surface area contributed by atoms with Crippen molar-refractivity contribution < 1.29 is 9.53 Å². The van der Waals surface area contributed by atoms with Gasteiger partial charge in [-0.15, -0.1) is 11.3 Å². The van der Waals surface area contributed by atoms with E-state index in [-0.39, 0.29) is 5.78 Å². The van der Waals surface area contributed by atoms with E-state index in [0.29, 0.717) is 16.8 Å². The molecule has 0 radical (unpaired) electrons. The van der Waals surface area contributed by atoms with Crippen LogP contribution in [0.1, 0.15) is 21.6 Å². The van der Waals surface area contributed by atoms with Gasteiger partial charge in [-0.2, -0.15) is 5.26 Å². The quantitative estimate of drug-likeness (QED) is 0.501. The number of nitrogens with zero attached hydrogens (tertiary/aromatic N) is 2. The summed E-state index contributed by atoms with van der Waals surface area (Å²) in [5.41, 5.74) is 2.64. The lowest BCUT2D eigenvalue weighted by Crippen LogP contribution is -1.94. The molecule has 4 nitrogen and oxygen atoms in total. The molecule has 5 heteroatoms. The van der Waals surface area contributed by atoms with Crippen LogP contribution in [0.2, 0.25) is 0 Å². The standard InChI is InChI=1S/C20H14N2O2S/c1-24-18-7-3-6-16(11-18)20-22-17(13-25-20)8-9-19(23)15-5-2-4-14(10-15)12-21/h2-11,13H,1H3/b9-8+. The number of allylic oxidation sites excluding steroid dienone is 1. The molecule has 25 heavy (non-hydrogen) atoms. The molecule has 122 valence electrons. The van der Waals surface area contributed by atoms with Gasteiger partial charge >= 0.3 is 0 Å². The predicted molar refractivity (Wildman–Crippen MR) is 98.6 cm³/mol. The van der Waals surface area contributed by atoms with Crippen LogP contribution in [0.5, 0.6) is 5.75 Å². The van der Waals surface area contributed by atoms with Crippen LogP contribution in [-0.2, 0) is 0 Å². The molecule has 2 aromatic carbocycles. The lowest BCUT2D eigenvalue weighted by molar-refractivity contribution is 0.104. The van der Waals surface area contributed by atoms with Gasteiger partial charge in [-0.1, -0.05) is 24.3 Å². The first-order valence-electron chi connectivity index (χ1n) is 7.52. The molecule has 1 aromatic heterocycles. The summed E-state index contributed by atoms with van der Waals surface area (Å²) in [7, 11) is 1.63. The number of nitriles is 1. The number of hydrogen-bond acceptors (Lipinski definition) is 5. The van der Waals surface area contributed by atoms with Crippen LogP contribution in [0.4, 0.5) is 0 Å². The molecule has 0 saturated carbocycles. The number of aromatic nitrogens is 1. The maximum Gasteiger partial charge on any atom is 0.185 e. The number of ether oxygens (including phenoxy) is 1. The maximum absolute atomic E-state index is 12.2. The highest BCUT2D eigenvalue weighted by molar-refractivity contribution is 7.13. The Morgan fingerprint density at radius 2 is 2.08 bits per heavy atom. The fourth-order valence-electron chi connectivity index (χ4n) is 2.25. The van der Waals surface area contributed by atoms with Crippen LogP contribution >= 0.6 is 11.3 Å². The van der Waals surface area contributed by atoms with Gasteiger partial charge in [-0.25, -0.2) is 4.98 Å². The van der Waals surface area contributed by atoms with Crippen molar-refractivity contribution in [2.24, 2.45) is 0 Å². The fourth-order valence-corrected chi connectivity index (χ4v) is 3.04. The third kappa shape index (κ3) is 4.00. The fraction of sp³-hybridized carbons (Fsp3) is 0.0500. The molecule has 0 atom stereocenters. The lowest BCUT2D eigenvalue weighted by atomic mass is 10.1. The summed E-state index contributed by atoms with van der Waals surface area (Å²) in [5, 5.41) is 11.7. The molecule has 1 heterocycles. The summed E-state index contributed by atoms with van der Waals surface area (Å²) >= 11 is 1.50. The zero-order valence-electron chi connectivity index (χ0n) is 13.5. The van der Waals surface area contributed by atoms with Crippen LogP contribution < -0.4 is 4.74 Å². The third-order valence-electron chi connectivity index (χ3n) is 3.52. The molecular formula is C20H14N2O2S. The molecule has 0 unspecified atom stereocenters. The first-order chi connectivity index (χ1) is 12.2. The topological polar surface area (TPSA) is 63.0 Å². The van der Waals surface area contributed by atoms with Crippen molar-refractivity contribution in [3.05, 3.63) is 76.8 Å². The Hall–Kier alpha value is -3.23. The maximum atomic E-state index is 12.2. The number of benzene rings is 2. The Morgan fingerprint density at radius 3 is 2.88 bits per heavy atom. The van der Waals surface area contributed by atoms with Gasteiger partial charge < -0.3 is 4.74 Å². The largest absolute Gasteiger partial charge is 0.497 e. The van der Waals surface area contributed by atoms with E-state index in [4.69, 9.17) is 10.00 Å². The summed E-state index contributed by atoms with van der Waals surface area (Å²) in [6, 6.07) is 16.3. The van der Waals surface area contributed by atoms with Crippen molar-refractivity contribution in [2.75, 3.05) is 7.11 Å². The molecule has 0 amide bonds. The Balaban J connectivity index is 1.77. The van der Waals surface area contributed by atoms with Crippen molar-refractivity contribution in [2.45, 2.75) is 0 Å². The van der Waals surface area contributed by atoms with Crippen molar-refractivity contribution in [3.8, 4) is 22.4 Å². The van der Waals surface area contributed by atoms with E-state index in [9.17, 15) is 4.79 Å². The van der Waals surface area contributed by atoms with E-state index in [1.165, 1.54) is 17.4 Å². The third-order valence-corrected chi connectivity index (χ3v) is 4.43. The molecule has 0 N–H and O–H groups in total. The minimum absolute atomic E-state index is 0.159. The zero-order chi connectivity index (χ0) is 17.6. The van der Waals surface area contributed by atoms with Crippen LogP contribution in [0.25, 0.3) is 16.6 Å². The van der Waals surface area contributed by atoms with Crippen molar-refractivity contribution >= 4 is 23.2 Å². The monoisotopic (exact) mass is 346 g/mol. The summed E-state index contributed by atoms with van der Waals surface area (Å²) in [6.45, 7) is 0. The number of carbonyl (C=O) groups is 1. The van der Waals surface area contributed by atoms with Gasteiger partial charge in [0.25, 0.3) is 0 Å². The van der Waals surface area contributed by atoms with Gasteiger partial charge in [0.15, 0.2) is 5.78 Å². The first-order valence-corrected chi connectivity index (χ1v) is 8.40. The number of methoxy groups -OCH3 is 1. The normalized spacial score (nSPS) is 10.6. The predicted octanol–water partition coefficient (Wildman–Crippen LogP) is 4.59. The minimum Gasteiger partial charge on any atom is -0.497 e. The van der Waals surface area contributed by atoms with Gasteiger partial charge in [0.2, 0.25) is 0 Å². The smallest absolute Gasteiger partial charge is 0.185 e. The van der Waals surface area contributed by atoms with Gasteiger partial charge in [-0.3, -0.25) is 4.79 Å². The number of hydrogen-bond donors (Lipinski definition) is 0. The Labute approximate surface area is 149 Å². The minimum atomic E-state index is -0.159. The number of thiazole rings is 1. The molecular weight excluding hydrogens is 332 g/mol. The van der Waals surface area contributed by atoms with Crippen LogP contribution in [0, 0.1) is 11.3 Å². The van der Waals surface area contributed by atoms with Crippen LogP contribution in [0.15, 0.2) is 60.0 Å². The van der Waals surface area contributed by atoms with E-state index in [1.807, 2.05) is 35.7 Å². The molecule has 0 fully saturated rings. The van der Waals surface area contributed by atoms with Gasteiger partial charge in [0.05, 0.1) is 24.4 Å². The second-order valence-electron chi connectivity index (χ2n) is 5.20. The summed E-state index contributed by atoms with van der Waals surface area (Å²) in [5.74, 6) is 0.616. The SMILES string of the molecule is COc1cccc(-c2nc(/C=C/C(=O)c3cccc(C#N)c3)cs2)c1. The van der Waals surface area contributed by atoms with Gasteiger partial charge in [0.1, 0.15) is 10.8 Å².